The number of benzene rings is 2. The normalized spacial score (nSPS) is 11.8. The first-order chi connectivity index (χ1) is 11.9. The van der Waals surface area contributed by atoms with E-state index >= 15 is 0 Å². The van der Waals surface area contributed by atoms with Crippen molar-refractivity contribution in [2.24, 2.45) is 5.10 Å². The Morgan fingerprint density at radius 1 is 1.08 bits per heavy atom. The number of para-hydroxylation sites is 1. The number of amides is 1. The molecule has 5 nitrogen and oxygen atoms in total. The fraction of sp³-hybridized carbons (Fsp3) is 0.200. The number of aromatic amines is 1. The minimum atomic E-state index is -0.579. The average molecular weight is 335 g/mol. The summed E-state index contributed by atoms with van der Waals surface area (Å²) in [7, 11) is 0. The van der Waals surface area contributed by atoms with Gasteiger partial charge in [0.25, 0.3) is 0 Å². The Hall–Kier alpha value is -3.08. The number of H-pyrrole nitrogens is 1. The molecule has 0 aliphatic rings. The number of hydrogen-bond acceptors (Lipinski definition) is 3. The lowest BCUT2D eigenvalue weighted by Gasteiger charge is -2.18. The largest absolute Gasteiger partial charge is 0.443 e. The zero-order valence-corrected chi connectivity index (χ0v) is 14.5. The number of nitrogens with one attached hydrogen (secondary N) is 2. The Balaban J connectivity index is 1.92. The quantitative estimate of drug-likeness (QED) is 0.538. The molecule has 0 bridgehead atoms. The minimum Gasteiger partial charge on any atom is -0.443 e. The third-order valence-corrected chi connectivity index (χ3v) is 3.56. The molecule has 128 valence electrons. The number of hydrazone groups is 1. The standard InChI is InChI=1S/C20H21N3O2/c1-20(2,3)25-19(24)23-21-13-16-15-11-7-8-12-17(15)22-18(16)14-9-5-4-6-10-14/h4-13,22H,1-3H3,(H,23,24)/b21-13+. The highest BCUT2D eigenvalue weighted by atomic mass is 16.6. The van der Waals surface area contributed by atoms with Gasteiger partial charge in [0, 0.05) is 16.5 Å². The van der Waals surface area contributed by atoms with E-state index in [1.165, 1.54) is 0 Å². The first-order valence-electron chi connectivity index (χ1n) is 8.12. The molecule has 1 amide bonds. The van der Waals surface area contributed by atoms with E-state index in [4.69, 9.17) is 4.74 Å². The van der Waals surface area contributed by atoms with Gasteiger partial charge >= 0.3 is 6.09 Å². The third kappa shape index (κ3) is 4.07. The van der Waals surface area contributed by atoms with Crippen molar-refractivity contribution >= 4 is 23.2 Å². The summed E-state index contributed by atoms with van der Waals surface area (Å²) in [5.41, 5.74) is 5.79. The highest BCUT2D eigenvalue weighted by molar-refractivity contribution is 6.06. The molecule has 1 heterocycles. The van der Waals surface area contributed by atoms with Crippen molar-refractivity contribution in [3.05, 3.63) is 60.2 Å². The van der Waals surface area contributed by atoms with Gasteiger partial charge in [0.15, 0.2) is 0 Å². The lowest BCUT2D eigenvalue weighted by molar-refractivity contribution is 0.0529. The van der Waals surface area contributed by atoms with Gasteiger partial charge < -0.3 is 9.72 Å². The molecule has 2 N–H and O–H groups in total. The lowest BCUT2D eigenvalue weighted by Crippen LogP contribution is -2.29. The van der Waals surface area contributed by atoms with E-state index in [9.17, 15) is 4.79 Å². The second-order valence-corrected chi connectivity index (χ2v) is 6.70. The number of nitrogens with zero attached hydrogens (tertiary/aromatic N) is 1. The number of hydrogen-bond donors (Lipinski definition) is 2. The summed E-state index contributed by atoms with van der Waals surface area (Å²) < 4.78 is 5.19. The number of fused-ring (bicyclic) bond motifs is 1. The summed E-state index contributed by atoms with van der Waals surface area (Å²) in [5.74, 6) is 0. The van der Waals surface area contributed by atoms with Crippen LogP contribution in [0.25, 0.3) is 22.2 Å². The summed E-state index contributed by atoms with van der Waals surface area (Å²) in [6.45, 7) is 5.43. The molecule has 0 radical (unpaired) electrons. The van der Waals surface area contributed by atoms with Crippen molar-refractivity contribution in [3.8, 4) is 11.3 Å². The van der Waals surface area contributed by atoms with Crippen LogP contribution in [0.2, 0.25) is 0 Å². The van der Waals surface area contributed by atoms with Crippen molar-refractivity contribution in [1.29, 1.82) is 0 Å². The molecule has 3 rings (SSSR count). The van der Waals surface area contributed by atoms with Crippen LogP contribution in [0, 0.1) is 0 Å². The summed E-state index contributed by atoms with van der Waals surface area (Å²) in [4.78, 5) is 15.2. The molecular formula is C20H21N3O2. The van der Waals surface area contributed by atoms with Crippen LogP contribution in [0.4, 0.5) is 4.79 Å². The van der Waals surface area contributed by atoms with Crippen LogP contribution in [0.1, 0.15) is 26.3 Å². The topological polar surface area (TPSA) is 66.5 Å². The first-order valence-corrected chi connectivity index (χ1v) is 8.12. The van der Waals surface area contributed by atoms with Gasteiger partial charge in [-0.3, -0.25) is 0 Å². The molecule has 0 atom stereocenters. The van der Waals surface area contributed by atoms with Gasteiger partial charge in [-0.1, -0.05) is 48.5 Å². The number of carbonyl (C=O) groups excluding carboxylic acids is 1. The maximum atomic E-state index is 11.8. The molecule has 3 aromatic rings. The Morgan fingerprint density at radius 2 is 1.76 bits per heavy atom. The van der Waals surface area contributed by atoms with Crippen LogP contribution in [-0.4, -0.2) is 22.9 Å². The SMILES string of the molecule is CC(C)(C)OC(=O)N/N=C/c1c(-c2ccccc2)[nH]c2ccccc12. The van der Waals surface area contributed by atoms with Gasteiger partial charge in [-0.05, 0) is 32.4 Å². The van der Waals surface area contributed by atoms with Crippen molar-refractivity contribution in [2.75, 3.05) is 0 Å². The minimum absolute atomic E-state index is 0.560. The second-order valence-electron chi connectivity index (χ2n) is 6.70. The number of rotatable bonds is 3. The highest BCUT2D eigenvalue weighted by Crippen LogP contribution is 2.28. The van der Waals surface area contributed by atoms with E-state index in [0.29, 0.717) is 0 Å². The van der Waals surface area contributed by atoms with E-state index in [1.807, 2.05) is 75.4 Å². The lowest BCUT2D eigenvalue weighted by atomic mass is 10.1. The molecule has 25 heavy (non-hydrogen) atoms. The number of ether oxygens (including phenoxy) is 1. The molecule has 0 saturated heterocycles. The Labute approximate surface area is 146 Å². The molecule has 2 aromatic carbocycles. The molecule has 0 unspecified atom stereocenters. The van der Waals surface area contributed by atoms with E-state index in [0.717, 1.165) is 27.7 Å². The number of aromatic nitrogens is 1. The number of carbonyl (C=O) groups is 1. The van der Waals surface area contributed by atoms with Gasteiger partial charge in [-0.2, -0.15) is 5.10 Å². The van der Waals surface area contributed by atoms with Gasteiger partial charge in [0.2, 0.25) is 0 Å². The second kappa shape index (κ2) is 6.81. The Bertz CT molecular complexity index is 906. The molecule has 0 fully saturated rings. The molecule has 1 aromatic heterocycles. The smallest absolute Gasteiger partial charge is 0.428 e. The summed E-state index contributed by atoms with van der Waals surface area (Å²) in [6.07, 6.45) is 1.07. The van der Waals surface area contributed by atoms with Gasteiger partial charge in [-0.25, -0.2) is 10.2 Å². The first kappa shape index (κ1) is 16.8. The zero-order chi connectivity index (χ0) is 17.9. The fourth-order valence-electron chi connectivity index (χ4n) is 2.58. The van der Waals surface area contributed by atoms with Crippen molar-refractivity contribution in [3.63, 3.8) is 0 Å². The Kier molecular flexibility index (Phi) is 4.57. The van der Waals surface area contributed by atoms with E-state index in [1.54, 1.807) is 6.21 Å². The van der Waals surface area contributed by atoms with Crippen LogP contribution in [0.3, 0.4) is 0 Å². The predicted molar refractivity (Wildman–Crippen MR) is 101 cm³/mol. The van der Waals surface area contributed by atoms with E-state index < -0.39 is 11.7 Å². The maximum Gasteiger partial charge on any atom is 0.428 e. The predicted octanol–water partition coefficient (Wildman–Crippen LogP) is 4.69. The summed E-state index contributed by atoms with van der Waals surface area (Å²) in [5, 5.41) is 5.10. The Morgan fingerprint density at radius 3 is 2.48 bits per heavy atom. The van der Waals surface area contributed by atoms with Crippen LogP contribution in [0.5, 0.6) is 0 Å². The van der Waals surface area contributed by atoms with Crippen LogP contribution >= 0.6 is 0 Å². The molecule has 0 aliphatic carbocycles. The zero-order valence-electron chi connectivity index (χ0n) is 14.5. The maximum absolute atomic E-state index is 11.8. The van der Waals surface area contributed by atoms with Crippen LogP contribution < -0.4 is 5.43 Å². The van der Waals surface area contributed by atoms with Crippen LogP contribution in [0.15, 0.2) is 59.7 Å². The third-order valence-electron chi connectivity index (χ3n) is 3.56. The van der Waals surface area contributed by atoms with Crippen molar-refractivity contribution in [1.82, 2.24) is 10.4 Å². The monoisotopic (exact) mass is 335 g/mol. The van der Waals surface area contributed by atoms with Gasteiger partial charge in [0.05, 0.1) is 11.9 Å². The van der Waals surface area contributed by atoms with Gasteiger partial charge in [0.1, 0.15) is 5.60 Å². The van der Waals surface area contributed by atoms with Crippen molar-refractivity contribution in [2.45, 2.75) is 26.4 Å². The molecule has 5 heteroatoms. The molecular weight excluding hydrogens is 314 g/mol. The summed E-state index contributed by atoms with van der Waals surface area (Å²) >= 11 is 0. The van der Waals surface area contributed by atoms with Crippen molar-refractivity contribution < 1.29 is 9.53 Å². The van der Waals surface area contributed by atoms with E-state index in [-0.39, 0.29) is 0 Å². The molecule has 0 spiro atoms. The fourth-order valence-corrected chi connectivity index (χ4v) is 2.58. The van der Waals surface area contributed by atoms with Crippen LogP contribution in [-0.2, 0) is 4.74 Å². The molecule has 0 saturated carbocycles. The van der Waals surface area contributed by atoms with Gasteiger partial charge in [-0.15, -0.1) is 0 Å². The molecule has 0 aliphatic heterocycles. The highest BCUT2D eigenvalue weighted by Gasteiger charge is 2.16. The average Bonchev–Trinajstić information content (AvgIpc) is 2.93. The van der Waals surface area contributed by atoms with E-state index in [2.05, 4.69) is 15.5 Å². The summed E-state index contributed by atoms with van der Waals surface area (Å²) in [6, 6.07) is 18.0.